The highest BCUT2D eigenvalue weighted by Crippen LogP contribution is 2.44. The van der Waals surface area contributed by atoms with Gasteiger partial charge in [0.1, 0.15) is 17.3 Å². The van der Waals surface area contributed by atoms with Gasteiger partial charge in [0.2, 0.25) is 5.60 Å². The van der Waals surface area contributed by atoms with Crippen molar-refractivity contribution < 1.29 is 31.8 Å². The molecule has 7 nitrogen and oxygen atoms in total. The Morgan fingerprint density at radius 3 is 2.40 bits per heavy atom. The van der Waals surface area contributed by atoms with Crippen LogP contribution in [0.1, 0.15) is 25.5 Å². The zero-order chi connectivity index (χ0) is 22.4. The number of aromatic nitrogens is 2. The molecular weight excluding hydrogens is 436 g/mol. The first-order chi connectivity index (χ1) is 13.9. The van der Waals surface area contributed by atoms with Crippen molar-refractivity contribution in [1.29, 1.82) is 0 Å². The van der Waals surface area contributed by atoms with Gasteiger partial charge in [-0.3, -0.25) is 9.36 Å². The van der Waals surface area contributed by atoms with Crippen molar-refractivity contribution in [3.63, 3.8) is 0 Å². The molecule has 0 spiro atoms. The van der Waals surface area contributed by atoms with Gasteiger partial charge in [-0.1, -0.05) is 11.6 Å². The third-order valence-corrected chi connectivity index (χ3v) is 4.81. The van der Waals surface area contributed by atoms with Crippen LogP contribution < -0.4 is 16.0 Å². The Balaban J connectivity index is 2.12. The van der Waals surface area contributed by atoms with Crippen LogP contribution in [0.3, 0.4) is 0 Å². The van der Waals surface area contributed by atoms with Crippen molar-refractivity contribution in [2.24, 2.45) is 7.05 Å². The van der Waals surface area contributed by atoms with Gasteiger partial charge in [0.15, 0.2) is 0 Å². The number of carbonyl (C=O) groups is 1. The minimum absolute atomic E-state index is 0.101. The van der Waals surface area contributed by atoms with Crippen LogP contribution in [0.2, 0.25) is 5.02 Å². The fourth-order valence-electron chi connectivity index (χ4n) is 2.82. The number of halogens is 5. The lowest BCUT2D eigenvalue weighted by molar-refractivity contribution is -0.153. The Labute approximate surface area is 171 Å². The molecule has 0 bridgehead atoms. The average molecular weight is 451 g/mol. The summed E-state index contributed by atoms with van der Waals surface area (Å²) >= 11 is 5.96. The summed E-state index contributed by atoms with van der Waals surface area (Å²) in [4.78, 5) is 36.7. The first-order valence-corrected chi connectivity index (χ1v) is 9.05. The van der Waals surface area contributed by atoms with E-state index < -0.39 is 46.2 Å². The summed E-state index contributed by atoms with van der Waals surface area (Å²) < 4.78 is 64.4. The van der Waals surface area contributed by atoms with Gasteiger partial charge in [-0.15, -0.1) is 0 Å². The standard InChI is InChI=1S/C18H15ClF4N2O5/c1-3-29-15(27)17(4-5-17)30-12-7-11(10(20)6-9(12)19)25-14(26)8-13(18(21,22)23)24(2)16(25)28/h6-8H,3-5H2,1-2H3. The summed E-state index contributed by atoms with van der Waals surface area (Å²) in [5.41, 5.74) is -6.31. The molecule has 12 heteroatoms. The molecule has 0 amide bonds. The molecule has 1 fully saturated rings. The maximum Gasteiger partial charge on any atom is 0.431 e. The van der Waals surface area contributed by atoms with Gasteiger partial charge in [-0.05, 0) is 13.0 Å². The van der Waals surface area contributed by atoms with Crippen LogP contribution in [-0.2, 0) is 22.8 Å². The van der Waals surface area contributed by atoms with E-state index in [-0.39, 0.29) is 32.6 Å². The van der Waals surface area contributed by atoms with Crippen molar-refractivity contribution in [2.75, 3.05) is 6.61 Å². The number of nitrogens with zero attached hydrogens (tertiary/aromatic N) is 2. The maximum absolute atomic E-state index is 14.5. The van der Waals surface area contributed by atoms with Crippen LogP contribution >= 0.6 is 11.6 Å². The molecule has 1 heterocycles. The Morgan fingerprint density at radius 1 is 1.23 bits per heavy atom. The second-order valence-electron chi connectivity index (χ2n) is 6.59. The topological polar surface area (TPSA) is 79.5 Å². The first-order valence-electron chi connectivity index (χ1n) is 8.67. The summed E-state index contributed by atoms with van der Waals surface area (Å²) in [6.07, 6.45) is -4.36. The summed E-state index contributed by atoms with van der Waals surface area (Å²) in [6.45, 7) is 1.70. The number of carbonyl (C=O) groups excluding carboxylic acids is 1. The van der Waals surface area contributed by atoms with Gasteiger partial charge in [-0.2, -0.15) is 13.2 Å². The minimum Gasteiger partial charge on any atom is -0.474 e. The monoisotopic (exact) mass is 450 g/mol. The van der Waals surface area contributed by atoms with Crippen LogP contribution in [0.25, 0.3) is 5.69 Å². The van der Waals surface area contributed by atoms with Crippen LogP contribution in [-0.4, -0.2) is 27.3 Å². The molecule has 0 N–H and O–H groups in total. The lowest BCUT2D eigenvalue weighted by Gasteiger charge is -2.19. The van der Waals surface area contributed by atoms with E-state index in [1.54, 1.807) is 6.92 Å². The van der Waals surface area contributed by atoms with Crippen LogP contribution in [0.5, 0.6) is 5.75 Å². The first kappa shape index (κ1) is 21.9. The molecule has 1 aliphatic rings. The lowest BCUT2D eigenvalue weighted by atomic mass is 10.2. The second-order valence-corrected chi connectivity index (χ2v) is 7.00. The molecule has 1 aromatic heterocycles. The number of esters is 1. The summed E-state index contributed by atoms with van der Waals surface area (Å²) in [6, 6.07) is 1.79. The number of ether oxygens (including phenoxy) is 2. The smallest absolute Gasteiger partial charge is 0.431 e. The Morgan fingerprint density at radius 2 is 1.87 bits per heavy atom. The third kappa shape index (κ3) is 3.81. The second kappa shape index (κ2) is 7.46. The Hall–Kier alpha value is -2.82. The number of alkyl halides is 3. The number of hydrogen-bond acceptors (Lipinski definition) is 5. The Kier molecular flexibility index (Phi) is 5.44. The van der Waals surface area contributed by atoms with Crippen molar-refractivity contribution >= 4 is 17.6 Å². The Bertz CT molecular complexity index is 1140. The minimum atomic E-state index is -4.96. The fraction of sp³-hybridized carbons (Fsp3) is 0.389. The van der Waals surface area contributed by atoms with E-state index >= 15 is 0 Å². The SMILES string of the molecule is CCOC(=O)C1(Oc2cc(-n3c(=O)cc(C(F)(F)F)n(C)c3=O)c(F)cc2Cl)CC1. The van der Waals surface area contributed by atoms with Crippen molar-refractivity contribution in [2.45, 2.75) is 31.5 Å². The average Bonchev–Trinajstić information content (AvgIpc) is 3.42. The number of benzene rings is 1. The van der Waals surface area contributed by atoms with Gasteiger partial charge in [0, 0.05) is 32.0 Å². The predicted molar refractivity (Wildman–Crippen MR) is 96.5 cm³/mol. The third-order valence-electron chi connectivity index (χ3n) is 4.51. The van der Waals surface area contributed by atoms with E-state index in [0.717, 1.165) is 19.2 Å². The van der Waals surface area contributed by atoms with Gasteiger partial charge in [0.25, 0.3) is 5.56 Å². The van der Waals surface area contributed by atoms with E-state index in [0.29, 0.717) is 12.8 Å². The van der Waals surface area contributed by atoms with Crippen LogP contribution in [0.4, 0.5) is 17.6 Å². The van der Waals surface area contributed by atoms with Gasteiger partial charge in [0.05, 0.1) is 17.3 Å². The van der Waals surface area contributed by atoms with Crippen LogP contribution in [0, 0.1) is 5.82 Å². The summed E-state index contributed by atoms with van der Waals surface area (Å²) in [5, 5.41) is -0.261. The van der Waals surface area contributed by atoms with Gasteiger partial charge < -0.3 is 9.47 Å². The lowest BCUT2D eigenvalue weighted by Crippen LogP contribution is -2.41. The van der Waals surface area contributed by atoms with Gasteiger partial charge >= 0.3 is 17.8 Å². The molecule has 2 aromatic rings. The summed E-state index contributed by atoms with van der Waals surface area (Å²) in [7, 11) is 0.798. The molecule has 0 unspecified atom stereocenters. The molecular formula is C18H15ClF4N2O5. The zero-order valence-corrected chi connectivity index (χ0v) is 16.4. The normalized spacial score (nSPS) is 15.0. The molecule has 1 aromatic carbocycles. The highest BCUT2D eigenvalue weighted by molar-refractivity contribution is 6.32. The van der Waals surface area contributed by atoms with Crippen molar-refractivity contribution in [1.82, 2.24) is 9.13 Å². The predicted octanol–water partition coefficient (Wildman–Crippen LogP) is 2.82. The van der Waals surface area contributed by atoms with Gasteiger partial charge in [-0.25, -0.2) is 18.5 Å². The molecule has 0 aliphatic heterocycles. The molecule has 0 saturated heterocycles. The highest BCUT2D eigenvalue weighted by Gasteiger charge is 2.55. The molecule has 3 rings (SSSR count). The number of hydrogen-bond donors (Lipinski definition) is 0. The zero-order valence-electron chi connectivity index (χ0n) is 15.7. The van der Waals surface area contributed by atoms with E-state index in [2.05, 4.69) is 0 Å². The number of rotatable bonds is 5. The summed E-state index contributed by atoms with van der Waals surface area (Å²) in [5.74, 6) is -2.03. The molecule has 0 radical (unpaired) electrons. The van der Waals surface area contributed by atoms with E-state index in [1.807, 2.05) is 0 Å². The van der Waals surface area contributed by atoms with Crippen molar-refractivity contribution in [3.8, 4) is 11.4 Å². The molecule has 1 saturated carbocycles. The maximum atomic E-state index is 14.5. The fourth-order valence-corrected chi connectivity index (χ4v) is 3.01. The molecule has 1 aliphatic carbocycles. The van der Waals surface area contributed by atoms with E-state index in [4.69, 9.17) is 21.1 Å². The molecule has 162 valence electrons. The quantitative estimate of drug-likeness (QED) is 0.517. The van der Waals surface area contributed by atoms with Crippen LogP contribution in [0.15, 0.2) is 27.8 Å². The molecule has 0 atom stereocenters. The van der Waals surface area contributed by atoms with E-state index in [1.165, 1.54) is 0 Å². The largest absolute Gasteiger partial charge is 0.474 e. The van der Waals surface area contributed by atoms with Crippen molar-refractivity contribution in [3.05, 3.63) is 55.6 Å². The molecule has 30 heavy (non-hydrogen) atoms. The van der Waals surface area contributed by atoms with E-state index in [9.17, 15) is 31.9 Å². The highest BCUT2D eigenvalue weighted by atomic mass is 35.5.